The van der Waals surface area contributed by atoms with E-state index in [1.54, 1.807) is 17.0 Å². The summed E-state index contributed by atoms with van der Waals surface area (Å²) in [6.07, 6.45) is 9.55. The maximum Gasteiger partial charge on any atom is 0.271 e. The molecule has 3 aliphatic rings. The zero-order valence-corrected chi connectivity index (χ0v) is 21.3. The van der Waals surface area contributed by atoms with Crippen LogP contribution in [0.25, 0.3) is 10.9 Å². The number of Topliss-reactive ketones (excluding diaryl/α,β-unsaturated/α-hetero) is 1. The molecule has 2 N–H and O–H groups in total. The van der Waals surface area contributed by atoms with Crippen LogP contribution in [0.5, 0.6) is 0 Å². The molecular weight excluding hydrogens is 476 g/mol. The monoisotopic (exact) mass is 508 g/mol. The number of ketones is 1. The largest absolute Gasteiger partial charge is 0.350 e. The van der Waals surface area contributed by atoms with Crippen molar-refractivity contribution in [3.8, 4) is 6.07 Å². The number of amides is 2. The van der Waals surface area contributed by atoms with E-state index >= 15 is 0 Å². The van der Waals surface area contributed by atoms with E-state index in [9.17, 15) is 19.6 Å². The molecule has 0 bridgehead atoms. The molecule has 7 nitrogen and oxygen atoms in total. The highest BCUT2D eigenvalue weighted by Crippen LogP contribution is 2.46. The van der Waals surface area contributed by atoms with Gasteiger partial charge in [-0.2, -0.15) is 5.26 Å². The van der Waals surface area contributed by atoms with E-state index in [0.717, 1.165) is 55.8 Å². The van der Waals surface area contributed by atoms with E-state index in [-0.39, 0.29) is 28.9 Å². The van der Waals surface area contributed by atoms with Crippen LogP contribution in [0.2, 0.25) is 5.02 Å². The zero-order valence-electron chi connectivity index (χ0n) is 20.5. The van der Waals surface area contributed by atoms with Crippen molar-refractivity contribution in [2.75, 3.05) is 6.54 Å². The molecule has 2 amide bonds. The van der Waals surface area contributed by atoms with Crippen LogP contribution in [0, 0.1) is 22.7 Å². The minimum absolute atomic E-state index is 0.0628. The third-order valence-electron chi connectivity index (χ3n) is 8.47. The molecule has 1 aromatic heterocycles. The summed E-state index contributed by atoms with van der Waals surface area (Å²) >= 11 is 6.12. The van der Waals surface area contributed by atoms with E-state index in [0.29, 0.717) is 36.5 Å². The van der Waals surface area contributed by atoms with Crippen LogP contribution in [0.3, 0.4) is 0 Å². The summed E-state index contributed by atoms with van der Waals surface area (Å²) in [5.41, 5.74) is 1.15. The Morgan fingerprint density at radius 3 is 2.75 bits per heavy atom. The van der Waals surface area contributed by atoms with Gasteiger partial charge in [0.1, 0.15) is 23.6 Å². The number of aromatic amines is 1. The average molecular weight is 509 g/mol. The summed E-state index contributed by atoms with van der Waals surface area (Å²) in [4.78, 5) is 44.5. The molecule has 2 saturated carbocycles. The number of nitrogens with zero attached hydrogens (tertiary/aromatic N) is 2. The number of nitriles is 1. The first-order valence-corrected chi connectivity index (χ1v) is 13.6. The number of H-pyrrole nitrogens is 1. The molecule has 2 aliphatic carbocycles. The molecule has 2 heterocycles. The molecular formula is C28H33ClN4O3. The zero-order chi connectivity index (χ0) is 25.3. The number of rotatable bonds is 5. The number of benzene rings is 1. The Balaban J connectivity index is 1.36. The van der Waals surface area contributed by atoms with Gasteiger partial charge in [-0.3, -0.25) is 14.4 Å². The van der Waals surface area contributed by atoms with E-state index in [1.807, 2.05) is 12.1 Å². The Morgan fingerprint density at radius 2 is 2.00 bits per heavy atom. The third kappa shape index (κ3) is 5.01. The molecule has 190 valence electrons. The normalized spacial score (nSPS) is 24.6. The minimum Gasteiger partial charge on any atom is -0.350 e. The lowest BCUT2D eigenvalue weighted by atomic mass is 9.72. The van der Waals surface area contributed by atoms with Crippen molar-refractivity contribution in [2.24, 2.45) is 11.3 Å². The fourth-order valence-electron chi connectivity index (χ4n) is 6.54. The smallest absolute Gasteiger partial charge is 0.271 e. The summed E-state index contributed by atoms with van der Waals surface area (Å²) in [5, 5.41) is 14.1. The van der Waals surface area contributed by atoms with E-state index < -0.39 is 12.1 Å². The maximum atomic E-state index is 13.7. The summed E-state index contributed by atoms with van der Waals surface area (Å²) in [6.45, 7) is 0.540. The van der Waals surface area contributed by atoms with E-state index in [2.05, 4.69) is 16.4 Å². The van der Waals surface area contributed by atoms with Crippen molar-refractivity contribution in [1.29, 1.82) is 5.26 Å². The van der Waals surface area contributed by atoms with Crippen LogP contribution >= 0.6 is 11.6 Å². The van der Waals surface area contributed by atoms with Crippen LogP contribution in [0.15, 0.2) is 24.3 Å². The van der Waals surface area contributed by atoms with E-state index in [4.69, 9.17) is 11.6 Å². The Hall–Kier alpha value is -2.85. The second kappa shape index (κ2) is 10.3. The van der Waals surface area contributed by atoms with Gasteiger partial charge >= 0.3 is 0 Å². The lowest BCUT2D eigenvalue weighted by Crippen LogP contribution is -2.49. The standard InChI is InChI=1S/C28H33ClN4O3/c29-20-9-8-18-13-23(32-22(18)14-20)27(36)33-17-28(10-4-1-5-11-28)15-24(33)26(35)31-21(16-30)12-19-6-2-3-7-25(19)34/h8-9,13-14,19,21,24,32H,1-7,10-12,15,17H2,(H,31,35)/t19-,21-,24-/m0/s1. The van der Waals surface area contributed by atoms with Crippen LogP contribution < -0.4 is 5.32 Å². The molecule has 8 heteroatoms. The fraction of sp³-hybridized carbons (Fsp3) is 0.571. The summed E-state index contributed by atoms with van der Waals surface area (Å²) in [7, 11) is 0. The molecule has 0 unspecified atom stereocenters. The summed E-state index contributed by atoms with van der Waals surface area (Å²) in [5.74, 6) is -0.484. The Labute approximate surface area is 216 Å². The number of aromatic nitrogens is 1. The quantitative estimate of drug-likeness (QED) is 0.582. The van der Waals surface area contributed by atoms with Crippen molar-refractivity contribution in [3.05, 3.63) is 35.0 Å². The number of likely N-dealkylation sites (tertiary alicyclic amines) is 1. The summed E-state index contributed by atoms with van der Waals surface area (Å²) in [6, 6.07) is 8.06. The average Bonchev–Trinajstić information content (AvgIpc) is 3.46. The van der Waals surface area contributed by atoms with E-state index in [1.165, 1.54) is 6.42 Å². The van der Waals surface area contributed by atoms with Crippen LogP contribution in [0.4, 0.5) is 0 Å². The fourth-order valence-corrected chi connectivity index (χ4v) is 6.71. The van der Waals surface area contributed by atoms with Gasteiger partial charge in [0.25, 0.3) is 5.91 Å². The molecule has 0 radical (unpaired) electrons. The Morgan fingerprint density at radius 1 is 1.19 bits per heavy atom. The predicted molar refractivity (Wildman–Crippen MR) is 137 cm³/mol. The van der Waals surface area contributed by atoms with Crippen LogP contribution in [-0.4, -0.2) is 46.1 Å². The number of carbonyl (C=O) groups excluding carboxylic acids is 3. The van der Waals surface area contributed by atoms with Crippen LogP contribution in [0.1, 0.15) is 81.1 Å². The Kier molecular flexibility index (Phi) is 7.07. The number of carbonyl (C=O) groups is 3. The van der Waals surface area contributed by atoms with Gasteiger partial charge in [-0.1, -0.05) is 43.4 Å². The highest BCUT2D eigenvalue weighted by Gasteiger charge is 2.49. The lowest BCUT2D eigenvalue weighted by Gasteiger charge is -2.32. The second-order valence-electron chi connectivity index (χ2n) is 11.0. The first kappa shape index (κ1) is 24.8. The third-order valence-corrected chi connectivity index (χ3v) is 8.71. The predicted octanol–water partition coefficient (Wildman–Crippen LogP) is 5.14. The van der Waals surface area contributed by atoms with Gasteiger partial charge in [0.15, 0.2) is 0 Å². The SMILES string of the molecule is N#C[C@H](C[C@@H]1CCCCC1=O)NC(=O)[C@@H]1CC2(CCCCC2)CN1C(=O)c1cc2ccc(Cl)cc2[nH]1. The van der Waals surface area contributed by atoms with Gasteiger partial charge in [0.2, 0.25) is 5.91 Å². The van der Waals surface area contributed by atoms with Gasteiger partial charge in [-0.05, 0) is 62.1 Å². The molecule has 1 aromatic carbocycles. The lowest BCUT2D eigenvalue weighted by molar-refractivity contribution is -0.127. The topological polar surface area (TPSA) is 106 Å². The van der Waals surface area contributed by atoms with Gasteiger partial charge in [0.05, 0.1) is 6.07 Å². The van der Waals surface area contributed by atoms with Crippen molar-refractivity contribution in [3.63, 3.8) is 0 Å². The minimum atomic E-state index is -0.736. The number of nitrogens with one attached hydrogen (secondary N) is 2. The highest BCUT2D eigenvalue weighted by atomic mass is 35.5. The number of halogens is 1. The summed E-state index contributed by atoms with van der Waals surface area (Å²) < 4.78 is 0. The molecule has 1 aliphatic heterocycles. The first-order chi connectivity index (χ1) is 17.4. The van der Waals surface area contributed by atoms with Crippen LogP contribution in [-0.2, 0) is 9.59 Å². The number of hydrogen-bond donors (Lipinski definition) is 2. The van der Waals surface area contributed by atoms with Gasteiger partial charge in [-0.25, -0.2) is 0 Å². The number of fused-ring (bicyclic) bond motifs is 1. The molecule has 5 rings (SSSR count). The van der Waals surface area contributed by atoms with Crippen molar-refractivity contribution in [1.82, 2.24) is 15.2 Å². The van der Waals surface area contributed by atoms with Gasteiger partial charge < -0.3 is 15.2 Å². The molecule has 3 atom stereocenters. The number of hydrogen-bond acceptors (Lipinski definition) is 4. The van der Waals surface area contributed by atoms with Crippen molar-refractivity contribution >= 4 is 40.1 Å². The molecule has 2 aromatic rings. The first-order valence-electron chi connectivity index (χ1n) is 13.2. The van der Waals surface area contributed by atoms with Gasteiger partial charge in [-0.15, -0.1) is 0 Å². The maximum absolute atomic E-state index is 13.7. The van der Waals surface area contributed by atoms with Crippen molar-refractivity contribution in [2.45, 2.75) is 82.7 Å². The molecule has 1 saturated heterocycles. The highest BCUT2D eigenvalue weighted by molar-refractivity contribution is 6.31. The second-order valence-corrected chi connectivity index (χ2v) is 11.4. The molecule has 36 heavy (non-hydrogen) atoms. The molecule has 1 spiro atoms. The molecule has 3 fully saturated rings. The van der Waals surface area contributed by atoms with Gasteiger partial charge in [0, 0.05) is 34.8 Å². The Bertz CT molecular complexity index is 1210. The van der Waals surface area contributed by atoms with Crippen molar-refractivity contribution < 1.29 is 14.4 Å².